The van der Waals surface area contributed by atoms with Gasteiger partial charge < -0.3 is 9.88 Å². The first-order valence-electron chi connectivity index (χ1n) is 10.4. The van der Waals surface area contributed by atoms with Gasteiger partial charge in [-0.2, -0.15) is 13.2 Å². The lowest BCUT2D eigenvalue weighted by molar-refractivity contribution is -0.137. The number of aromatic nitrogens is 1. The lowest BCUT2D eigenvalue weighted by Crippen LogP contribution is -2.25. The van der Waals surface area contributed by atoms with Crippen molar-refractivity contribution in [2.24, 2.45) is 7.05 Å². The first kappa shape index (κ1) is 22.6. The van der Waals surface area contributed by atoms with E-state index in [4.69, 9.17) is 0 Å². The van der Waals surface area contributed by atoms with E-state index in [0.29, 0.717) is 5.56 Å². The van der Waals surface area contributed by atoms with Crippen molar-refractivity contribution in [3.05, 3.63) is 107 Å². The predicted octanol–water partition coefficient (Wildman–Crippen LogP) is 6.17. The van der Waals surface area contributed by atoms with Gasteiger partial charge in [-0.3, -0.25) is 4.79 Å². The Hall–Kier alpha value is -3.61. The molecule has 4 aromatic rings. The van der Waals surface area contributed by atoms with E-state index in [9.17, 15) is 22.4 Å². The number of hydrogen-bond donors (Lipinski definition) is 1. The zero-order valence-corrected chi connectivity index (χ0v) is 17.9. The number of aryl methyl sites for hydroxylation is 1. The van der Waals surface area contributed by atoms with Crippen LogP contribution >= 0.6 is 0 Å². The standard InChI is InChI=1S/C26H22F4N2O/c1-32-16-23(21-7-2-3-8-24(21)32)22(18-5-4-6-19(13-18)26(28,29)30)14-25(33)31-15-17-9-11-20(27)12-10-17/h2-13,16,22H,14-15H2,1H3,(H,31,33). The Bertz CT molecular complexity index is 1280. The van der Waals surface area contributed by atoms with E-state index in [2.05, 4.69) is 5.32 Å². The van der Waals surface area contributed by atoms with E-state index in [1.54, 1.807) is 18.2 Å². The summed E-state index contributed by atoms with van der Waals surface area (Å²) in [6, 6.07) is 18.5. The number of para-hydroxylation sites is 1. The molecule has 3 nitrogen and oxygen atoms in total. The Morgan fingerprint density at radius 2 is 1.73 bits per heavy atom. The van der Waals surface area contributed by atoms with Crippen LogP contribution in [0.2, 0.25) is 0 Å². The van der Waals surface area contributed by atoms with E-state index >= 15 is 0 Å². The summed E-state index contributed by atoms with van der Waals surface area (Å²) in [5, 5.41) is 3.68. The second-order valence-corrected chi connectivity index (χ2v) is 8.00. The van der Waals surface area contributed by atoms with Gasteiger partial charge >= 0.3 is 6.18 Å². The summed E-state index contributed by atoms with van der Waals surface area (Å²) in [4.78, 5) is 12.9. The molecular weight excluding hydrogens is 432 g/mol. The van der Waals surface area contributed by atoms with Crippen molar-refractivity contribution in [1.82, 2.24) is 9.88 Å². The van der Waals surface area contributed by atoms with Crippen LogP contribution in [0.4, 0.5) is 17.6 Å². The molecule has 0 fully saturated rings. The van der Waals surface area contributed by atoms with Crippen LogP contribution in [0.5, 0.6) is 0 Å². The number of hydrogen-bond acceptors (Lipinski definition) is 1. The molecule has 1 N–H and O–H groups in total. The third-order valence-electron chi connectivity index (χ3n) is 5.71. The Labute approximate surface area is 188 Å². The van der Waals surface area contributed by atoms with Gasteiger partial charge in [-0.1, -0.05) is 48.5 Å². The highest BCUT2D eigenvalue weighted by molar-refractivity contribution is 5.86. The van der Waals surface area contributed by atoms with E-state index in [-0.39, 0.29) is 24.7 Å². The van der Waals surface area contributed by atoms with E-state index < -0.39 is 17.7 Å². The maximum atomic E-state index is 13.4. The van der Waals surface area contributed by atoms with Crippen molar-refractivity contribution < 1.29 is 22.4 Å². The molecule has 170 valence electrons. The van der Waals surface area contributed by atoms with Gasteiger partial charge in [0.1, 0.15) is 5.82 Å². The SMILES string of the molecule is Cn1cc(C(CC(=O)NCc2ccc(F)cc2)c2cccc(C(F)(F)F)c2)c2ccccc21. The maximum absolute atomic E-state index is 13.4. The largest absolute Gasteiger partial charge is 0.416 e. The van der Waals surface area contributed by atoms with Gasteiger partial charge in [-0.05, 0) is 41.0 Å². The fourth-order valence-corrected chi connectivity index (χ4v) is 4.05. The van der Waals surface area contributed by atoms with Crippen molar-refractivity contribution in [1.29, 1.82) is 0 Å². The Morgan fingerprint density at radius 3 is 2.45 bits per heavy atom. The van der Waals surface area contributed by atoms with Gasteiger partial charge in [-0.25, -0.2) is 4.39 Å². The van der Waals surface area contributed by atoms with Gasteiger partial charge in [0.15, 0.2) is 0 Å². The number of carbonyl (C=O) groups is 1. The highest BCUT2D eigenvalue weighted by Gasteiger charge is 2.32. The van der Waals surface area contributed by atoms with Gasteiger partial charge in [-0.15, -0.1) is 0 Å². The van der Waals surface area contributed by atoms with Crippen molar-refractivity contribution in [3.63, 3.8) is 0 Å². The van der Waals surface area contributed by atoms with Crippen LogP contribution in [-0.2, 0) is 24.6 Å². The molecule has 0 radical (unpaired) electrons. The molecule has 0 aliphatic heterocycles. The minimum Gasteiger partial charge on any atom is -0.352 e. The van der Waals surface area contributed by atoms with Gasteiger partial charge in [0, 0.05) is 43.0 Å². The van der Waals surface area contributed by atoms with E-state index in [0.717, 1.165) is 34.2 Å². The Balaban J connectivity index is 1.67. The minimum absolute atomic E-state index is 0.0312. The van der Waals surface area contributed by atoms with E-state index in [1.165, 1.54) is 18.2 Å². The summed E-state index contributed by atoms with van der Waals surface area (Å²) in [5.41, 5.74) is 2.10. The quantitative estimate of drug-likeness (QED) is 0.347. The van der Waals surface area contributed by atoms with Crippen LogP contribution in [0.1, 0.15) is 34.6 Å². The zero-order valence-electron chi connectivity index (χ0n) is 17.9. The number of benzene rings is 3. The molecule has 0 saturated heterocycles. The number of carbonyl (C=O) groups excluding carboxylic acids is 1. The summed E-state index contributed by atoms with van der Waals surface area (Å²) in [7, 11) is 1.86. The van der Waals surface area contributed by atoms with Crippen LogP contribution in [0.25, 0.3) is 10.9 Å². The lowest BCUT2D eigenvalue weighted by Gasteiger charge is -2.19. The van der Waals surface area contributed by atoms with Crippen molar-refractivity contribution in [2.75, 3.05) is 0 Å². The number of nitrogens with one attached hydrogen (secondary N) is 1. The molecule has 0 saturated carbocycles. The van der Waals surface area contributed by atoms with Crippen LogP contribution < -0.4 is 5.32 Å². The predicted molar refractivity (Wildman–Crippen MR) is 119 cm³/mol. The molecule has 0 aliphatic carbocycles. The summed E-state index contributed by atoms with van der Waals surface area (Å²) < 4.78 is 55.2. The number of rotatable bonds is 6. The van der Waals surface area contributed by atoms with Crippen molar-refractivity contribution in [2.45, 2.75) is 25.1 Å². The second-order valence-electron chi connectivity index (χ2n) is 8.00. The Kier molecular flexibility index (Phi) is 6.22. The summed E-state index contributed by atoms with van der Waals surface area (Å²) in [6.07, 6.45) is -2.65. The number of amides is 1. The fraction of sp³-hybridized carbons (Fsp3) is 0.192. The fourth-order valence-electron chi connectivity index (χ4n) is 4.05. The molecule has 1 amide bonds. The van der Waals surface area contributed by atoms with Crippen molar-refractivity contribution >= 4 is 16.8 Å². The van der Waals surface area contributed by atoms with Gasteiger partial charge in [0.25, 0.3) is 0 Å². The number of fused-ring (bicyclic) bond motifs is 1. The first-order chi connectivity index (χ1) is 15.7. The highest BCUT2D eigenvalue weighted by atomic mass is 19.4. The molecule has 33 heavy (non-hydrogen) atoms. The third kappa shape index (κ3) is 5.08. The topological polar surface area (TPSA) is 34.0 Å². The minimum atomic E-state index is -4.48. The van der Waals surface area contributed by atoms with Crippen LogP contribution in [-0.4, -0.2) is 10.5 Å². The molecule has 1 aromatic heterocycles. The second kappa shape index (κ2) is 9.10. The molecule has 4 rings (SSSR count). The molecule has 3 aromatic carbocycles. The zero-order chi connectivity index (χ0) is 23.6. The number of alkyl halides is 3. The van der Waals surface area contributed by atoms with Crippen LogP contribution in [0.3, 0.4) is 0 Å². The molecule has 1 atom stereocenters. The first-order valence-corrected chi connectivity index (χ1v) is 10.4. The van der Waals surface area contributed by atoms with Crippen molar-refractivity contribution in [3.8, 4) is 0 Å². The van der Waals surface area contributed by atoms with E-state index in [1.807, 2.05) is 42.1 Å². The average Bonchev–Trinajstić information content (AvgIpc) is 3.13. The number of nitrogens with zero attached hydrogens (tertiary/aromatic N) is 1. The lowest BCUT2D eigenvalue weighted by atomic mass is 9.87. The van der Waals surface area contributed by atoms with Gasteiger partial charge in [0.2, 0.25) is 5.91 Å². The smallest absolute Gasteiger partial charge is 0.352 e. The molecular formula is C26H22F4N2O. The molecule has 1 heterocycles. The van der Waals surface area contributed by atoms with Crippen LogP contribution in [0, 0.1) is 5.82 Å². The van der Waals surface area contributed by atoms with Crippen LogP contribution in [0.15, 0.2) is 79.0 Å². The van der Waals surface area contributed by atoms with Gasteiger partial charge in [0.05, 0.1) is 5.56 Å². The monoisotopic (exact) mass is 454 g/mol. The molecule has 7 heteroatoms. The molecule has 0 bridgehead atoms. The molecule has 1 unspecified atom stereocenters. The molecule has 0 spiro atoms. The normalized spacial score (nSPS) is 12.6. The summed E-state index contributed by atoms with van der Waals surface area (Å²) in [5.74, 6) is -1.26. The average molecular weight is 454 g/mol. The number of halogens is 4. The third-order valence-corrected chi connectivity index (χ3v) is 5.71. The summed E-state index contributed by atoms with van der Waals surface area (Å²) in [6.45, 7) is 0.198. The highest BCUT2D eigenvalue weighted by Crippen LogP contribution is 2.37. The summed E-state index contributed by atoms with van der Waals surface area (Å²) >= 11 is 0. The maximum Gasteiger partial charge on any atom is 0.416 e. The Morgan fingerprint density at radius 1 is 1.00 bits per heavy atom. The molecule has 0 aliphatic rings.